The highest BCUT2D eigenvalue weighted by Crippen LogP contribution is 2.16. The number of amides is 2. The van der Waals surface area contributed by atoms with E-state index in [1.165, 1.54) is 0 Å². The van der Waals surface area contributed by atoms with Gasteiger partial charge in [-0.3, -0.25) is 0 Å². The molecule has 1 aliphatic rings. The molecule has 0 saturated carbocycles. The topological polar surface area (TPSA) is 61.8 Å². The van der Waals surface area contributed by atoms with Gasteiger partial charge in [-0.05, 0) is 30.7 Å². The summed E-state index contributed by atoms with van der Waals surface area (Å²) >= 11 is 5.78. The van der Waals surface area contributed by atoms with Gasteiger partial charge in [0.1, 0.15) is 12.4 Å². The molecule has 1 aliphatic heterocycles. The molecule has 1 unspecified atom stereocenters. The number of carbonyl (C=O) groups excluding carboxylic acids is 1. The van der Waals surface area contributed by atoms with Crippen LogP contribution in [0.25, 0.3) is 0 Å². The van der Waals surface area contributed by atoms with Crippen LogP contribution >= 0.6 is 11.6 Å². The van der Waals surface area contributed by atoms with Gasteiger partial charge in [-0.25, -0.2) is 4.79 Å². The van der Waals surface area contributed by atoms with Crippen LogP contribution in [0.2, 0.25) is 5.02 Å². The molecule has 1 fully saturated rings. The molecule has 1 atom stereocenters. The van der Waals surface area contributed by atoms with E-state index in [0.717, 1.165) is 12.2 Å². The van der Waals surface area contributed by atoms with Crippen LogP contribution in [0, 0.1) is 5.92 Å². The quantitative estimate of drug-likeness (QED) is 0.814. The maximum atomic E-state index is 11.8. The number of nitrogens with zero attached hydrogens (tertiary/aromatic N) is 1. The molecule has 0 bridgehead atoms. The molecule has 1 aromatic carbocycles. The van der Waals surface area contributed by atoms with Crippen molar-refractivity contribution in [2.75, 3.05) is 32.8 Å². The van der Waals surface area contributed by atoms with Crippen LogP contribution in [-0.2, 0) is 0 Å². The van der Waals surface area contributed by atoms with Gasteiger partial charge >= 0.3 is 6.03 Å². The summed E-state index contributed by atoms with van der Waals surface area (Å²) in [6.45, 7) is 2.32. The molecule has 6 heteroatoms. The van der Waals surface area contributed by atoms with Crippen LogP contribution in [0.4, 0.5) is 4.79 Å². The van der Waals surface area contributed by atoms with E-state index in [0.29, 0.717) is 31.3 Å². The van der Waals surface area contributed by atoms with Gasteiger partial charge in [-0.2, -0.15) is 0 Å². The molecule has 0 aliphatic carbocycles. The minimum Gasteiger partial charge on any atom is -0.492 e. The highest BCUT2D eigenvalue weighted by molar-refractivity contribution is 6.30. The van der Waals surface area contributed by atoms with Gasteiger partial charge in [-0.15, -0.1) is 0 Å². The van der Waals surface area contributed by atoms with Gasteiger partial charge in [0.15, 0.2) is 0 Å². The van der Waals surface area contributed by atoms with Crippen LogP contribution in [-0.4, -0.2) is 48.9 Å². The largest absolute Gasteiger partial charge is 0.492 e. The predicted molar refractivity (Wildman–Crippen MR) is 77.1 cm³/mol. The summed E-state index contributed by atoms with van der Waals surface area (Å²) in [4.78, 5) is 13.5. The van der Waals surface area contributed by atoms with Crippen LogP contribution in [0.1, 0.15) is 6.42 Å². The summed E-state index contributed by atoms with van der Waals surface area (Å²) < 4.78 is 5.48. The summed E-state index contributed by atoms with van der Waals surface area (Å²) in [6, 6.07) is 7.00. The molecule has 110 valence electrons. The molecular formula is C14H19ClN2O3. The van der Waals surface area contributed by atoms with E-state index in [-0.39, 0.29) is 18.6 Å². The third-order valence-corrected chi connectivity index (χ3v) is 3.54. The zero-order valence-corrected chi connectivity index (χ0v) is 12.0. The average molecular weight is 299 g/mol. The number of urea groups is 1. The van der Waals surface area contributed by atoms with Gasteiger partial charge in [0.25, 0.3) is 0 Å². The number of aliphatic hydroxyl groups excluding tert-OH is 1. The summed E-state index contributed by atoms with van der Waals surface area (Å²) in [5.74, 6) is 0.941. The fourth-order valence-corrected chi connectivity index (χ4v) is 2.26. The van der Waals surface area contributed by atoms with Crippen molar-refractivity contribution in [3.05, 3.63) is 29.3 Å². The van der Waals surface area contributed by atoms with Crippen molar-refractivity contribution < 1.29 is 14.6 Å². The van der Waals surface area contributed by atoms with E-state index in [1.54, 1.807) is 29.2 Å². The lowest BCUT2D eigenvalue weighted by Gasteiger charge is -2.17. The van der Waals surface area contributed by atoms with Crippen LogP contribution < -0.4 is 10.1 Å². The number of nitrogens with one attached hydrogen (secondary N) is 1. The van der Waals surface area contributed by atoms with Crippen molar-refractivity contribution in [3.63, 3.8) is 0 Å². The van der Waals surface area contributed by atoms with Gasteiger partial charge < -0.3 is 20.1 Å². The Morgan fingerprint density at radius 2 is 2.20 bits per heavy atom. The zero-order chi connectivity index (χ0) is 14.4. The summed E-state index contributed by atoms with van der Waals surface area (Å²) in [5.41, 5.74) is 0. The molecule has 1 heterocycles. The smallest absolute Gasteiger partial charge is 0.317 e. The van der Waals surface area contributed by atoms with E-state index in [9.17, 15) is 4.79 Å². The van der Waals surface area contributed by atoms with Gasteiger partial charge in [0, 0.05) is 30.6 Å². The van der Waals surface area contributed by atoms with Crippen LogP contribution in [0.15, 0.2) is 24.3 Å². The first-order chi connectivity index (χ1) is 9.69. The number of hydrogen-bond acceptors (Lipinski definition) is 3. The molecule has 1 aromatic rings. The lowest BCUT2D eigenvalue weighted by atomic mass is 10.1. The number of halogens is 1. The lowest BCUT2D eigenvalue weighted by molar-refractivity contribution is 0.195. The second kappa shape index (κ2) is 7.36. The molecule has 2 N–H and O–H groups in total. The fourth-order valence-electron chi connectivity index (χ4n) is 2.14. The Balaban J connectivity index is 1.63. The maximum Gasteiger partial charge on any atom is 0.317 e. The van der Waals surface area contributed by atoms with E-state index in [1.807, 2.05) is 0 Å². The number of hydrogen-bond donors (Lipinski definition) is 2. The first-order valence-electron chi connectivity index (χ1n) is 6.71. The first kappa shape index (κ1) is 14.9. The Morgan fingerprint density at radius 1 is 1.45 bits per heavy atom. The second-order valence-electron chi connectivity index (χ2n) is 4.82. The molecule has 20 heavy (non-hydrogen) atoms. The van der Waals surface area contributed by atoms with E-state index in [4.69, 9.17) is 21.4 Å². The van der Waals surface area contributed by atoms with Crippen molar-refractivity contribution in [3.8, 4) is 5.75 Å². The number of ether oxygens (including phenoxy) is 1. The number of rotatable bonds is 5. The van der Waals surface area contributed by atoms with Crippen LogP contribution in [0.5, 0.6) is 5.75 Å². The number of aliphatic hydroxyl groups is 1. The summed E-state index contributed by atoms with van der Waals surface area (Å²) in [6.07, 6.45) is 0.866. The summed E-state index contributed by atoms with van der Waals surface area (Å²) in [5, 5.41) is 12.5. The number of benzene rings is 1. The minimum atomic E-state index is -0.0966. The Morgan fingerprint density at radius 3 is 2.85 bits per heavy atom. The molecule has 2 rings (SSSR count). The van der Waals surface area contributed by atoms with Crippen molar-refractivity contribution in [1.29, 1.82) is 0 Å². The third-order valence-electron chi connectivity index (χ3n) is 3.29. The summed E-state index contributed by atoms with van der Waals surface area (Å²) in [7, 11) is 0. The second-order valence-corrected chi connectivity index (χ2v) is 5.25. The lowest BCUT2D eigenvalue weighted by Crippen LogP contribution is -2.40. The Labute approximate surface area is 123 Å². The maximum absolute atomic E-state index is 11.8. The van der Waals surface area contributed by atoms with Crippen molar-refractivity contribution >= 4 is 17.6 Å². The first-order valence-corrected chi connectivity index (χ1v) is 7.09. The fraction of sp³-hybridized carbons (Fsp3) is 0.500. The zero-order valence-electron chi connectivity index (χ0n) is 11.2. The van der Waals surface area contributed by atoms with E-state index in [2.05, 4.69) is 5.32 Å². The standard InChI is InChI=1S/C14H19ClN2O3/c15-12-1-3-13(4-2-12)20-8-6-16-14(19)17-7-5-11(9-17)10-18/h1-4,11,18H,5-10H2,(H,16,19). The van der Waals surface area contributed by atoms with E-state index < -0.39 is 0 Å². The highest BCUT2D eigenvalue weighted by Gasteiger charge is 2.25. The Kier molecular flexibility index (Phi) is 5.49. The van der Waals surface area contributed by atoms with Gasteiger partial charge in [0.2, 0.25) is 0 Å². The monoisotopic (exact) mass is 298 g/mol. The molecule has 2 amide bonds. The molecular weight excluding hydrogens is 280 g/mol. The van der Waals surface area contributed by atoms with Gasteiger partial charge in [0.05, 0.1) is 6.54 Å². The minimum absolute atomic E-state index is 0.0966. The van der Waals surface area contributed by atoms with Crippen molar-refractivity contribution in [2.24, 2.45) is 5.92 Å². The van der Waals surface area contributed by atoms with Gasteiger partial charge in [-0.1, -0.05) is 11.6 Å². The average Bonchev–Trinajstić information content (AvgIpc) is 2.94. The predicted octanol–water partition coefficient (Wildman–Crippen LogP) is 1.74. The van der Waals surface area contributed by atoms with Crippen molar-refractivity contribution in [2.45, 2.75) is 6.42 Å². The molecule has 1 saturated heterocycles. The number of likely N-dealkylation sites (tertiary alicyclic amines) is 1. The van der Waals surface area contributed by atoms with Crippen LogP contribution in [0.3, 0.4) is 0 Å². The molecule has 5 nitrogen and oxygen atoms in total. The SMILES string of the molecule is O=C(NCCOc1ccc(Cl)cc1)N1CCC(CO)C1. The Bertz CT molecular complexity index is 439. The number of carbonyl (C=O) groups is 1. The Hall–Kier alpha value is -1.46. The molecule has 0 radical (unpaired) electrons. The molecule has 0 spiro atoms. The highest BCUT2D eigenvalue weighted by atomic mass is 35.5. The molecule has 0 aromatic heterocycles. The van der Waals surface area contributed by atoms with E-state index >= 15 is 0 Å². The van der Waals surface area contributed by atoms with Crippen molar-refractivity contribution in [1.82, 2.24) is 10.2 Å². The normalized spacial score (nSPS) is 18.1. The third kappa shape index (κ3) is 4.28.